The molecule has 10 nitrogen and oxygen atoms in total. The van der Waals surface area contributed by atoms with E-state index in [0.717, 1.165) is 16.7 Å². The number of nitrogens with one attached hydrogen (secondary N) is 1. The number of benzene rings is 4. The lowest BCUT2D eigenvalue weighted by atomic mass is 10.1. The van der Waals surface area contributed by atoms with Gasteiger partial charge < -0.3 is 19.5 Å². The SMILES string of the molecule is Cc1ccc(C#N)cc1Oc1nc(NCc2ccccc2)c([N+](=O)[O-])c(Oc2cccc(OCc3ccccc3)c2)n1. The van der Waals surface area contributed by atoms with Gasteiger partial charge in [-0.05, 0) is 47.9 Å². The molecule has 0 saturated heterocycles. The zero-order valence-corrected chi connectivity index (χ0v) is 22.6. The number of hydrogen-bond donors (Lipinski definition) is 1. The standard InChI is InChI=1S/C32H25N5O5/c1-22-15-16-25(19-33)17-28(22)42-32-35-30(34-20-23-9-4-2-5-10-23)29(37(38)39)31(36-32)41-27-14-8-13-26(18-27)40-21-24-11-6-3-7-12-24/h2-18H,20-21H2,1H3,(H,34,35,36). The van der Waals surface area contributed by atoms with E-state index in [9.17, 15) is 15.4 Å². The Morgan fingerprint density at radius 3 is 2.29 bits per heavy atom. The van der Waals surface area contributed by atoms with Crippen molar-refractivity contribution < 1.29 is 19.1 Å². The Morgan fingerprint density at radius 2 is 1.57 bits per heavy atom. The highest BCUT2D eigenvalue weighted by Crippen LogP contribution is 2.38. The molecule has 0 fully saturated rings. The first-order valence-corrected chi connectivity index (χ1v) is 13.0. The van der Waals surface area contributed by atoms with Crippen LogP contribution in [0.25, 0.3) is 0 Å². The van der Waals surface area contributed by atoms with Crippen LogP contribution in [-0.2, 0) is 13.2 Å². The van der Waals surface area contributed by atoms with Crippen molar-refractivity contribution in [3.05, 3.63) is 135 Å². The molecule has 1 heterocycles. The van der Waals surface area contributed by atoms with Crippen molar-refractivity contribution in [1.82, 2.24) is 9.97 Å². The van der Waals surface area contributed by atoms with E-state index in [1.54, 1.807) is 49.4 Å². The number of rotatable bonds is 11. The Hall–Kier alpha value is -5.95. The number of ether oxygens (including phenoxy) is 3. The number of nitriles is 1. The second-order valence-corrected chi connectivity index (χ2v) is 9.15. The summed E-state index contributed by atoms with van der Waals surface area (Å²) in [5, 5.41) is 24.6. The second-order valence-electron chi connectivity index (χ2n) is 9.15. The first-order valence-electron chi connectivity index (χ1n) is 13.0. The highest BCUT2D eigenvalue weighted by Gasteiger charge is 2.28. The molecule has 0 unspecified atom stereocenters. The summed E-state index contributed by atoms with van der Waals surface area (Å²) in [4.78, 5) is 20.2. The van der Waals surface area contributed by atoms with Crippen LogP contribution in [0.15, 0.2) is 103 Å². The third-order valence-electron chi connectivity index (χ3n) is 6.10. The van der Waals surface area contributed by atoms with Gasteiger partial charge in [-0.3, -0.25) is 10.1 Å². The van der Waals surface area contributed by atoms with Gasteiger partial charge in [-0.2, -0.15) is 15.2 Å². The molecule has 0 aliphatic carbocycles. The van der Waals surface area contributed by atoms with Crippen LogP contribution < -0.4 is 19.5 Å². The Labute approximate surface area is 241 Å². The highest BCUT2D eigenvalue weighted by molar-refractivity contribution is 5.63. The van der Waals surface area contributed by atoms with Crippen LogP contribution in [0.4, 0.5) is 11.5 Å². The average molecular weight is 560 g/mol. The summed E-state index contributed by atoms with van der Waals surface area (Å²) in [5.41, 5.74) is 2.51. The van der Waals surface area contributed by atoms with Crippen LogP contribution in [0.5, 0.6) is 29.1 Å². The number of hydrogen-bond acceptors (Lipinski definition) is 9. The molecule has 0 spiro atoms. The van der Waals surface area contributed by atoms with E-state index in [1.165, 1.54) is 0 Å². The molecule has 0 saturated carbocycles. The van der Waals surface area contributed by atoms with Gasteiger partial charge in [-0.1, -0.05) is 72.8 Å². The number of nitrogens with zero attached hydrogens (tertiary/aromatic N) is 4. The maximum atomic E-state index is 12.3. The van der Waals surface area contributed by atoms with Crippen molar-refractivity contribution >= 4 is 11.5 Å². The predicted octanol–water partition coefficient (Wildman–Crippen LogP) is 7.34. The van der Waals surface area contributed by atoms with Crippen LogP contribution in [-0.4, -0.2) is 14.9 Å². The fourth-order valence-corrected chi connectivity index (χ4v) is 3.96. The Bertz CT molecular complexity index is 1740. The van der Waals surface area contributed by atoms with Crippen molar-refractivity contribution in [2.75, 3.05) is 5.32 Å². The molecule has 42 heavy (non-hydrogen) atoms. The van der Waals surface area contributed by atoms with Gasteiger partial charge in [0.15, 0.2) is 0 Å². The monoisotopic (exact) mass is 559 g/mol. The fraction of sp³-hybridized carbons (Fsp3) is 0.0938. The molecule has 5 aromatic rings. The van der Waals surface area contributed by atoms with Gasteiger partial charge in [0.25, 0.3) is 0 Å². The number of aromatic nitrogens is 2. The van der Waals surface area contributed by atoms with Crippen LogP contribution in [0.2, 0.25) is 0 Å². The van der Waals surface area contributed by atoms with E-state index >= 15 is 0 Å². The molecule has 208 valence electrons. The molecular weight excluding hydrogens is 534 g/mol. The lowest BCUT2D eigenvalue weighted by molar-refractivity contribution is -0.385. The zero-order valence-electron chi connectivity index (χ0n) is 22.6. The molecule has 1 aromatic heterocycles. The molecule has 1 N–H and O–H groups in total. The quantitative estimate of drug-likeness (QED) is 0.130. The molecule has 10 heteroatoms. The molecule has 0 aliphatic heterocycles. The van der Waals surface area contributed by atoms with E-state index in [-0.39, 0.29) is 30.0 Å². The van der Waals surface area contributed by atoms with Gasteiger partial charge in [0.1, 0.15) is 23.9 Å². The zero-order chi connectivity index (χ0) is 29.3. The summed E-state index contributed by atoms with van der Waals surface area (Å²) in [6.45, 7) is 2.39. The highest BCUT2D eigenvalue weighted by atomic mass is 16.6. The van der Waals surface area contributed by atoms with E-state index in [1.807, 2.05) is 60.7 Å². The van der Waals surface area contributed by atoms with Crippen LogP contribution in [0, 0.1) is 28.4 Å². The van der Waals surface area contributed by atoms with E-state index in [4.69, 9.17) is 14.2 Å². The van der Waals surface area contributed by atoms with Crippen molar-refractivity contribution in [3.63, 3.8) is 0 Å². The molecule has 0 amide bonds. The average Bonchev–Trinajstić information content (AvgIpc) is 3.01. The predicted molar refractivity (Wildman–Crippen MR) is 156 cm³/mol. The van der Waals surface area contributed by atoms with Crippen LogP contribution in [0.3, 0.4) is 0 Å². The molecular formula is C32H25N5O5. The minimum atomic E-state index is -0.607. The first-order chi connectivity index (χ1) is 20.5. The number of anilines is 1. The Balaban J connectivity index is 1.49. The van der Waals surface area contributed by atoms with Gasteiger partial charge in [-0.15, -0.1) is 0 Å². The summed E-state index contributed by atoms with van der Waals surface area (Å²) in [6, 6.07) is 32.6. The van der Waals surface area contributed by atoms with Gasteiger partial charge in [0.2, 0.25) is 5.82 Å². The van der Waals surface area contributed by atoms with E-state index in [2.05, 4.69) is 21.4 Å². The molecule has 0 aliphatic rings. The van der Waals surface area contributed by atoms with Crippen LogP contribution >= 0.6 is 0 Å². The van der Waals surface area contributed by atoms with Crippen molar-refractivity contribution in [2.45, 2.75) is 20.1 Å². The van der Waals surface area contributed by atoms with Crippen LogP contribution in [0.1, 0.15) is 22.3 Å². The van der Waals surface area contributed by atoms with E-state index < -0.39 is 10.6 Å². The third-order valence-corrected chi connectivity index (χ3v) is 6.10. The van der Waals surface area contributed by atoms with Gasteiger partial charge in [0, 0.05) is 12.6 Å². The normalized spacial score (nSPS) is 10.4. The molecule has 5 rings (SSSR count). The topological polar surface area (TPSA) is 132 Å². The molecule has 4 aromatic carbocycles. The molecule has 0 atom stereocenters. The second kappa shape index (κ2) is 12.9. The van der Waals surface area contributed by atoms with Gasteiger partial charge in [-0.25, -0.2) is 0 Å². The van der Waals surface area contributed by atoms with Gasteiger partial charge in [0.05, 0.1) is 16.6 Å². The van der Waals surface area contributed by atoms with Crippen molar-refractivity contribution in [2.24, 2.45) is 0 Å². The minimum Gasteiger partial charge on any atom is -0.489 e. The lowest BCUT2D eigenvalue weighted by Crippen LogP contribution is -2.09. The number of nitro groups is 1. The number of aryl methyl sites for hydroxylation is 1. The maximum Gasteiger partial charge on any atom is 0.373 e. The van der Waals surface area contributed by atoms with E-state index in [0.29, 0.717) is 23.7 Å². The Kier molecular flexibility index (Phi) is 8.50. The molecule has 0 radical (unpaired) electrons. The minimum absolute atomic E-state index is 0.0885. The summed E-state index contributed by atoms with van der Waals surface area (Å²) in [5.74, 6) is 0.698. The third kappa shape index (κ3) is 6.97. The van der Waals surface area contributed by atoms with Crippen molar-refractivity contribution in [1.29, 1.82) is 5.26 Å². The smallest absolute Gasteiger partial charge is 0.373 e. The van der Waals surface area contributed by atoms with Gasteiger partial charge >= 0.3 is 17.6 Å². The summed E-state index contributed by atoms with van der Waals surface area (Å²) in [6.07, 6.45) is 0. The molecule has 0 bridgehead atoms. The maximum absolute atomic E-state index is 12.3. The summed E-state index contributed by atoms with van der Waals surface area (Å²) < 4.78 is 17.8. The first kappa shape index (κ1) is 27.6. The fourth-order valence-electron chi connectivity index (χ4n) is 3.96. The largest absolute Gasteiger partial charge is 0.489 e. The summed E-state index contributed by atoms with van der Waals surface area (Å²) >= 11 is 0. The Morgan fingerprint density at radius 1 is 0.857 bits per heavy atom. The summed E-state index contributed by atoms with van der Waals surface area (Å²) in [7, 11) is 0. The van der Waals surface area contributed by atoms with Crippen molar-refractivity contribution in [3.8, 4) is 35.2 Å². The lowest BCUT2D eigenvalue weighted by Gasteiger charge is -2.14.